The van der Waals surface area contributed by atoms with Gasteiger partial charge in [-0.25, -0.2) is 8.78 Å². The van der Waals surface area contributed by atoms with Gasteiger partial charge in [0.2, 0.25) is 5.91 Å². The number of pyridine rings is 2. The molecule has 1 aliphatic rings. The van der Waals surface area contributed by atoms with Gasteiger partial charge in [0.25, 0.3) is 5.56 Å². The number of rotatable bonds is 9. The summed E-state index contributed by atoms with van der Waals surface area (Å²) in [5, 5.41) is 0. The second-order valence-electron chi connectivity index (χ2n) is 10.1. The van der Waals surface area contributed by atoms with Crippen LogP contribution in [0, 0.1) is 18.6 Å². The number of nitrogens with zero attached hydrogens (tertiary/aromatic N) is 1. The fourth-order valence-corrected chi connectivity index (χ4v) is 5.30. The molecule has 2 heterocycles. The van der Waals surface area contributed by atoms with Crippen molar-refractivity contribution in [2.24, 2.45) is 5.73 Å². The van der Waals surface area contributed by atoms with Crippen molar-refractivity contribution in [1.82, 2.24) is 9.97 Å². The Hall–Kier alpha value is -4.72. The van der Waals surface area contributed by atoms with Crippen LogP contribution in [0.15, 0.2) is 77.7 Å². The standard InChI is InChI=1S/C32H27F2N3O3/c1-18-10-21-7-8-22(29(21)37-32(18)40)15-27(38)16-24(11-19-12-25(33)17-26(34)13-19)30-28(6-3-9-36-30)20-4-2-5-23(14-20)31(35)39/h2-6,8-10,12-14,17,24H,7,11,15-16H2,1H3,(H2,35,39)(H,37,40)/t24-/m1/s1. The van der Waals surface area contributed by atoms with E-state index in [0.717, 1.165) is 17.2 Å². The maximum atomic E-state index is 14.1. The SMILES string of the molecule is Cc1cc2c([nH]c1=O)C(CC(=O)C[C@@H](Cc1cc(F)cc(F)c1)c1ncccc1-c1cccc(C(N)=O)c1)=CC2. The maximum Gasteiger partial charge on any atom is 0.251 e. The quantitative estimate of drug-likeness (QED) is 0.296. The van der Waals surface area contributed by atoms with E-state index in [-0.39, 0.29) is 30.6 Å². The van der Waals surface area contributed by atoms with E-state index < -0.39 is 23.5 Å². The van der Waals surface area contributed by atoms with Crippen LogP contribution in [0.5, 0.6) is 0 Å². The lowest BCUT2D eigenvalue weighted by Gasteiger charge is -2.20. The molecule has 8 heteroatoms. The van der Waals surface area contributed by atoms with E-state index >= 15 is 0 Å². The number of aromatic amines is 1. The Kier molecular flexibility index (Phi) is 7.51. The molecule has 0 aliphatic heterocycles. The number of primary amides is 1. The molecule has 1 aliphatic carbocycles. The molecule has 4 aromatic rings. The summed E-state index contributed by atoms with van der Waals surface area (Å²) < 4.78 is 28.2. The zero-order valence-electron chi connectivity index (χ0n) is 21.8. The van der Waals surface area contributed by atoms with Gasteiger partial charge in [-0.2, -0.15) is 0 Å². The number of ketones is 1. The van der Waals surface area contributed by atoms with Gasteiger partial charge >= 0.3 is 0 Å². The highest BCUT2D eigenvalue weighted by Crippen LogP contribution is 2.35. The molecule has 0 bridgehead atoms. The molecule has 0 unspecified atom stereocenters. The van der Waals surface area contributed by atoms with Gasteiger partial charge in [0.15, 0.2) is 0 Å². The third kappa shape index (κ3) is 5.81. The number of hydrogen-bond donors (Lipinski definition) is 2. The van der Waals surface area contributed by atoms with Crippen LogP contribution < -0.4 is 11.3 Å². The van der Waals surface area contributed by atoms with Crippen molar-refractivity contribution >= 4 is 17.3 Å². The van der Waals surface area contributed by atoms with Crippen LogP contribution in [0.25, 0.3) is 16.7 Å². The summed E-state index contributed by atoms with van der Waals surface area (Å²) in [6, 6.07) is 15.5. The smallest absolute Gasteiger partial charge is 0.251 e. The zero-order chi connectivity index (χ0) is 28.4. The van der Waals surface area contributed by atoms with Crippen molar-refractivity contribution in [2.75, 3.05) is 0 Å². The number of carbonyl (C=O) groups is 2. The lowest BCUT2D eigenvalue weighted by Crippen LogP contribution is -2.15. The van der Waals surface area contributed by atoms with Crippen molar-refractivity contribution in [3.63, 3.8) is 0 Å². The summed E-state index contributed by atoms with van der Waals surface area (Å²) in [6.45, 7) is 1.74. The first kappa shape index (κ1) is 26.9. The second-order valence-corrected chi connectivity index (χ2v) is 10.1. The number of fused-ring (bicyclic) bond motifs is 1. The van der Waals surface area contributed by atoms with Gasteiger partial charge in [-0.05, 0) is 78.4 Å². The van der Waals surface area contributed by atoms with Gasteiger partial charge in [0.05, 0.1) is 5.69 Å². The molecule has 0 radical (unpaired) electrons. The number of nitrogens with one attached hydrogen (secondary N) is 1. The predicted molar refractivity (Wildman–Crippen MR) is 149 cm³/mol. The van der Waals surface area contributed by atoms with Crippen LogP contribution in [0.1, 0.15) is 57.2 Å². The van der Waals surface area contributed by atoms with Crippen molar-refractivity contribution < 1.29 is 18.4 Å². The number of H-pyrrole nitrogens is 1. The average molecular weight is 540 g/mol. The number of aryl methyl sites for hydroxylation is 1. The normalized spacial score (nSPS) is 13.0. The Morgan fingerprint density at radius 2 is 1.82 bits per heavy atom. The van der Waals surface area contributed by atoms with Crippen LogP contribution in [0.4, 0.5) is 8.78 Å². The Labute approximate surface area is 229 Å². The lowest BCUT2D eigenvalue weighted by molar-refractivity contribution is -0.118. The van der Waals surface area contributed by atoms with Crippen LogP contribution in [-0.4, -0.2) is 21.7 Å². The number of benzene rings is 2. The monoisotopic (exact) mass is 539 g/mol. The molecule has 0 saturated carbocycles. The fraction of sp³-hybridized carbons (Fsp3) is 0.188. The minimum atomic E-state index is -0.706. The molecule has 40 heavy (non-hydrogen) atoms. The van der Waals surface area contributed by atoms with Crippen LogP contribution in [-0.2, 0) is 17.6 Å². The molecule has 1 amide bonds. The molecule has 0 fully saturated rings. The molecule has 0 spiro atoms. The van der Waals surface area contributed by atoms with Crippen molar-refractivity contribution in [3.8, 4) is 11.1 Å². The van der Waals surface area contributed by atoms with Crippen molar-refractivity contribution in [2.45, 2.75) is 38.5 Å². The fourth-order valence-electron chi connectivity index (χ4n) is 5.30. The summed E-state index contributed by atoms with van der Waals surface area (Å²) >= 11 is 0. The Bertz CT molecular complexity index is 1700. The number of carbonyl (C=O) groups excluding carboxylic acids is 2. The van der Waals surface area contributed by atoms with Crippen LogP contribution in [0.3, 0.4) is 0 Å². The van der Waals surface area contributed by atoms with E-state index in [4.69, 9.17) is 5.73 Å². The minimum absolute atomic E-state index is 0.0421. The molecular weight excluding hydrogens is 512 g/mol. The van der Waals surface area contributed by atoms with E-state index in [2.05, 4.69) is 9.97 Å². The maximum absolute atomic E-state index is 14.1. The topological polar surface area (TPSA) is 106 Å². The van der Waals surface area contributed by atoms with E-state index in [9.17, 15) is 23.2 Å². The molecule has 5 rings (SSSR count). The molecule has 3 N–H and O–H groups in total. The number of Topliss-reactive ketones (excluding diaryl/α,β-unsaturated/α-hetero) is 1. The first-order valence-corrected chi connectivity index (χ1v) is 12.9. The van der Waals surface area contributed by atoms with Crippen molar-refractivity contribution in [3.05, 3.63) is 129 Å². The largest absolute Gasteiger partial charge is 0.366 e. The summed E-state index contributed by atoms with van der Waals surface area (Å²) in [5.41, 5.74) is 10.9. The van der Waals surface area contributed by atoms with Gasteiger partial charge in [-0.3, -0.25) is 19.4 Å². The first-order chi connectivity index (χ1) is 19.2. The molecule has 0 saturated heterocycles. The third-order valence-electron chi connectivity index (χ3n) is 7.15. The molecule has 1 atom stereocenters. The molecular formula is C32H27F2N3O3. The van der Waals surface area contributed by atoms with Gasteiger partial charge < -0.3 is 10.7 Å². The van der Waals surface area contributed by atoms with Gasteiger partial charge in [-0.1, -0.05) is 24.3 Å². The third-order valence-corrected chi connectivity index (χ3v) is 7.15. The Morgan fingerprint density at radius 3 is 2.58 bits per heavy atom. The average Bonchev–Trinajstić information content (AvgIpc) is 3.28. The molecule has 2 aromatic carbocycles. The lowest BCUT2D eigenvalue weighted by atomic mass is 9.85. The van der Waals surface area contributed by atoms with Gasteiger partial charge in [0.1, 0.15) is 17.4 Å². The highest BCUT2D eigenvalue weighted by molar-refractivity contribution is 5.94. The van der Waals surface area contributed by atoms with E-state index in [1.807, 2.05) is 24.3 Å². The summed E-state index contributed by atoms with van der Waals surface area (Å²) in [4.78, 5) is 45.0. The minimum Gasteiger partial charge on any atom is -0.366 e. The van der Waals surface area contributed by atoms with Crippen LogP contribution in [0.2, 0.25) is 0 Å². The number of hydrogen-bond acceptors (Lipinski definition) is 4. The number of nitrogens with two attached hydrogens (primary N) is 1. The molecule has 2 aromatic heterocycles. The van der Waals surface area contributed by atoms with E-state index in [1.165, 1.54) is 12.1 Å². The second kappa shape index (κ2) is 11.2. The van der Waals surface area contributed by atoms with Crippen LogP contribution >= 0.6 is 0 Å². The number of amides is 1. The van der Waals surface area contributed by atoms with Gasteiger partial charge in [0, 0.05) is 53.4 Å². The summed E-state index contributed by atoms with van der Waals surface area (Å²) in [5.74, 6) is -2.62. The van der Waals surface area contributed by atoms with E-state index in [0.29, 0.717) is 45.6 Å². The Morgan fingerprint density at radius 1 is 1.05 bits per heavy atom. The summed E-state index contributed by atoms with van der Waals surface area (Å²) in [7, 11) is 0. The first-order valence-electron chi connectivity index (χ1n) is 12.9. The highest BCUT2D eigenvalue weighted by atomic mass is 19.1. The zero-order valence-corrected chi connectivity index (χ0v) is 21.8. The number of aromatic nitrogens is 2. The summed E-state index contributed by atoms with van der Waals surface area (Å²) in [6.07, 6.45) is 4.47. The molecule has 6 nitrogen and oxygen atoms in total. The van der Waals surface area contributed by atoms with E-state index in [1.54, 1.807) is 37.4 Å². The predicted octanol–water partition coefficient (Wildman–Crippen LogP) is 5.44. The number of allylic oxidation sites excluding steroid dienone is 2. The van der Waals surface area contributed by atoms with Gasteiger partial charge in [-0.15, -0.1) is 0 Å². The highest BCUT2D eigenvalue weighted by Gasteiger charge is 2.25. The van der Waals surface area contributed by atoms with Crippen molar-refractivity contribution in [1.29, 1.82) is 0 Å². The Balaban J connectivity index is 1.49. The number of halogens is 2. The molecule has 202 valence electrons.